The van der Waals surface area contributed by atoms with Crippen molar-refractivity contribution in [1.29, 1.82) is 0 Å². The number of imide groups is 1. The van der Waals surface area contributed by atoms with Crippen LogP contribution in [0.3, 0.4) is 0 Å². The lowest BCUT2D eigenvalue weighted by molar-refractivity contribution is -0.120. The molecule has 5 heteroatoms. The fraction of sp³-hybridized carbons (Fsp3) is 0.423. The van der Waals surface area contributed by atoms with E-state index in [1.165, 1.54) is 4.90 Å². The zero-order valence-corrected chi connectivity index (χ0v) is 19.9. The van der Waals surface area contributed by atoms with Crippen LogP contribution in [-0.4, -0.2) is 23.3 Å². The van der Waals surface area contributed by atoms with Gasteiger partial charge in [-0.05, 0) is 56.4 Å². The van der Waals surface area contributed by atoms with Gasteiger partial charge < -0.3 is 5.32 Å². The number of carbonyl (C=O) groups is 3. The lowest BCUT2D eigenvalue weighted by Gasteiger charge is -2.22. The molecule has 5 nitrogen and oxygen atoms in total. The monoisotopic (exact) mass is 422 g/mol. The van der Waals surface area contributed by atoms with Crippen LogP contribution in [0.15, 0.2) is 59.2 Å². The Morgan fingerprint density at radius 2 is 1.55 bits per heavy atom. The smallest absolute Gasteiger partial charge is 0.266 e. The zero-order chi connectivity index (χ0) is 23.6. The molecule has 1 aromatic rings. The minimum absolute atomic E-state index is 0.0946. The van der Waals surface area contributed by atoms with Gasteiger partial charge in [0.25, 0.3) is 11.8 Å². The van der Waals surface area contributed by atoms with Gasteiger partial charge in [0.05, 0.1) is 11.3 Å². The maximum atomic E-state index is 13.0. The van der Waals surface area contributed by atoms with Crippen molar-refractivity contribution in [3.05, 3.63) is 64.8 Å². The summed E-state index contributed by atoms with van der Waals surface area (Å²) in [4.78, 5) is 39.7. The standard InChI is InChI=1S/C24H28N2O3.C2H6/c1-23(2,3)16-8-7-9-17(14-16)26-21(28)18-12-10-15(11-13-19(18)22(26)29)20(27)25-24(4,5)6;1-2/h7-10,12-14H,11H2,1-6H3,(H,25,27);1-2H3. The predicted molar refractivity (Wildman–Crippen MR) is 126 cm³/mol. The summed E-state index contributed by atoms with van der Waals surface area (Å²) in [7, 11) is 0. The first kappa shape index (κ1) is 24.3. The summed E-state index contributed by atoms with van der Waals surface area (Å²) in [5.74, 6) is -0.903. The Morgan fingerprint density at radius 3 is 2.13 bits per heavy atom. The van der Waals surface area contributed by atoms with E-state index < -0.39 is 0 Å². The number of hydrogen-bond donors (Lipinski definition) is 1. The largest absolute Gasteiger partial charge is 0.348 e. The summed E-state index contributed by atoms with van der Waals surface area (Å²) in [5.41, 5.74) is 2.37. The Morgan fingerprint density at radius 1 is 0.935 bits per heavy atom. The first-order valence-electron chi connectivity index (χ1n) is 10.8. The summed E-state index contributed by atoms with van der Waals surface area (Å²) in [5, 5.41) is 2.91. The van der Waals surface area contributed by atoms with Crippen molar-refractivity contribution in [3.8, 4) is 0 Å². The van der Waals surface area contributed by atoms with Gasteiger partial charge in [0, 0.05) is 16.7 Å². The molecule has 0 spiro atoms. The van der Waals surface area contributed by atoms with Crippen molar-refractivity contribution >= 4 is 23.4 Å². The predicted octanol–water partition coefficient (Wildman–Crippen LogP) is 4.98. The molecule has 0 aromatic heterocycles. The van der Waals surface area contributed by atoms with Crippen molar-refractivity contribution < 1.29 is 14.4 Å². The molecule has 0 radical (unpaired) electrons. The SMILES string of the molecule is CC.CC(C)(C)NC(=O)C1=CC=C2C(=O)N(c3cccc(C(C)(C)C)c3)C(=O)C2=CC1. The van der Waals surface area contributed by atoms with Gasteiger partial charge in [-0.3, -0.25) is 14.4 Å². The molecule has 31 heavy (non-hydrogen) atoms. The molecule has 1 aliphatic heterocycles. The normalized spacial score (nSPS) is 16.4. The van der Waals surface area contributed by atoms with Gasteiger partial charge >= 0.3 is 0 Å². The molecule has 0 unspecified atom stereocenters. The highest BCUT2D eigenvalue weighted by molar-refractivity contribution is 6.37. The molecule has 0 bridgehead atoms. The first-order valence-corrected chi connectivity index (χ1v) is 10.8. The van der Waals surface area contributed by atoms with Crippen LogP contribution in [0.2, 0.25) is 0 Å². The number of nitrogens with one attached hydrogen (secondary N) is 1. The highest BCUT2D eigenvalue weighted by Gasteiger charge is 2.40. The minimum atomic E-state index is -0.360. The number of nitrogens with zero attached hydrogens (tertiary/aromatic N) is 1. The van der Waals surface area contributed by atoms with E-state index in [-0.39, 0.29) is 28.7 Å². The van der Waals surface area contributed by atoms with Crippen molar-refractivity contribution in [2.75, 3.05) is 4.90 Å². The average Bonchev–Trinajstić information content (AvgIpc) is 2.83. The number of rotatable bonds is 2. The van der Waals surface area contributed by atoms with Gasteiger partial charge in [-0.2, -0.15) is 0 Å². The van der Waals surface area contributed by atoms with Crippen LogP contribution in [0.5, 0.6) is 0 Å². The van der Waals surface area contributed by atoms with Crippen LogP contribution < -0.4 is 10.2 Å². The van der Waals surface area contributed by atoms with Crippen LogP contribution in [-0.2, 0) is 19.8 Å². The number of anilines is 1. The van der Waals surface area contributed by atoms with E-state index in [2.05, 4.69) is 26.1 Å². The molecule has 1 N–H and O–H groups in total. The second kappa shape index (κ2) is 9.04. The molecule has 2 aliphatic rings. The van der Waals surface area contributed by atoms with Crippen molar-refractivity contribution in [1.82, 2.24) is 5.32 Å². The average molecular weight is 423 g/mol. The van der Waals surface area contributed by atoms with Gasteiger partial charge in [0.1, 0.15) is 0 Å². The summed E-state index contributed by atoms with van der Waals surface area (Å²) in [6, 6.07) is 7.52. The lowest BCUT2D eigenvalue weighted by atomic mass is 9.87. The van der Waals surface area contributed by atoms with Crippen LogP contribution in [0.25, 0.3) is 0 Å². The zero-order valence-electron chi connectivity index (χ0n) is 19.9. The maximum Gasteiger partial charge on any atom is 0.266 e. The molecule has 3 amide bonds. The van der Waals surface area contributed by atoms with Crippen molar-refractivity contribution in [3.63, 3.8) is 0 Å². The van der Waals surface area contributed by atoms with Crippen LogP contribution >= 0.6 is 0 Å². The molecule has 3 rings (SSSR count). The number of benzene rings is 1. The van der Waals surface area contributed by atoms with E-state index in [4.69, 9.17) is 0 Å². The Hall–Kier alpha value is -2.95. The van der Waals surface area contributed by atoms with Crippen molar-refractivity contribution in [2.45, 2.75) is 72.8 Å². The van der Waals surface area contributed by atoms with E-state index in [9.17, 15) is 14.4 Å². The number of amides is 3. The second-order valence-electron chi connectivity index (χ2n) is 9.54. The highest BCUT2D eigenvalue weighted by atomic mass is 16.2. The van der Waals surface area contributed by atoms with Gasteiger partial charge in [-0.15, -0.1) is 0 Å². The lowest BCUT2D eigenvalue weighted by Crippen LogP contribution is -2.41. The topological polar surface area (TPSA) is 66.5 Å². The van der Waals surface area contributed by atoms with E-state index in [0.29, 0.717) is 28.8 Å². The highest BCUT2D eigenvalue weighted by Crippen LogP contribution is 2.34. The summed E-state index contributed by atoms with van der Waals surface area (Å²) in [6.45, 7) is 16.0. The Labute approximate surface area is 185 Å². The second-order valence-corrected chi connectivity index (χ2v) is 9.54. The maximum absolute atomic E-state index is 13.0. The van der Waals surface area contributed by atoms with Gasteiger partial charge in [-0.25, -0.2) is 4.90 Å². The van der Waals surface area contributed by atoms with Crippen molar-refractivity contribution in [2.24, 2.45) is 0 Å². The van der Waals surface area contributed by atoms with E-state index in [0.717, 1.165) is 5.56 Å². The number of hydrogen-bond acceptors (Lipinski definition) is 3. The molecular weight excluding hydrogens is 388 g/mol. The van der Waals surface area contributed by atoms with E-state index in [1.54, 1.807) is 24.3 Å². The summed E-state index contributed by atoms with van der Waals surface area (Å²) in [6.07, 6.45) is 5.21. The van der Waals surface area contributed by atoms with E-state index in [1.807, 2.05) is 52.8 Å². The van der Waals surface area contributed by atoms with Gasteiger partial charge in [0.2, 0.25) is 5.91 Å². The summed E-state index contributed by atoms with van der Waals surface area (Å²) >= 11 is 0. The quantitative estimate of drug-likeness (QED) is 0.684. The minimum Gasteiger partial charge on any atom is -0.348 e. The summed E-state index contributed by atoms with van der Waals surface area (Å²) < 4.78 is 0. The molecule has 166 valence electrons. The first-order chi connectivity index (χ1) is 14.4. The molecule has 0 atom stereocenters. The third-order valence-corrected chi connectivity index (χ3v) is 4.89. The molecule has 0 saturated carbocycles. The Kier molecular flexibility index (Phi) is 7.10. The third kappa shape index (κ3) is 5.40. The molecule has 1 saturated heterocycles. The Bertz CT molecular complexity index is 983. The fourth-order valence-corrected chi connectivity index (χ4v) is 3.32. The van der Waals surface area contributed by atoms with Crippen LogP contribution in [0.1, 0.15) is 67.4 Å². The fourth-order valence-electron chi connectivity index (χ4n) is 3.32. The number of allylic oxidation sites excluding steroid dienone is 3. The number of carbonyl (C=O) groups excluding carboxylic acids is 3. The van der Waals surface area contributed by atoms with Gasteiger partial charge in [0.15, 0.2) is 0 Å². The Balaban J connectivity index is 0.00000166. The van der Waals surface area contributed by atoms with Crippen LogP contribution in [0, 0.1) is 0 Å². The molecule has 1 aromatic carbocycles. The van der Waals surface area contributed by atoms with E-state index >= 15 is 0 Å². The van der Waals surface area contributed by atoms with Gasteiger partial charge in [-0.1, -0.05) is 58.9 Å². The molecule has 1 aliphatic carbocycles. The molecular formula is C26H34N2O3. The molecule has 1 heterocycles. The number of fused-ring (bicyclic) bond motifs is 1. The third-order valence-electron chi connectivity index (χ3n) is 4.89. The molecule has 1 fully saturated rings. The van der Waals surface area contributed by atoms with Crippen LogP contribution in [0.4, 0.5) is 5.69 Å².